The molecular formula is C12H18O2. The van der Waals surface area contributed by atoms with Gasteiger partial charge in [-0.3, -0.25) is 0 Å². The van der Waals surface area contributed by atoms with E-state index in [1.807, 2.05) is 39.0 Å². The van der Waals surface area contributed by atoms with Crippen molar-refractivity contribution in [2.24, 2.45) is 0 Å². The number of hydrogen-bond donors (Lipinski definition) is 1. The number of aryl methyl sites for hydroxylation is 1. The highest BCUT2D eigenvalue weighted by Crippen LogP contribution is 2.31. The van der Waals surface area contributed by atoms with Crippen LogP contribution in [-0.2, 0) is 5.41 Å². The molecule has 0 spiro atoms. The predicted octanol–water partition coefficient (Wildman–Crippen LogP) is 2.27. The highest BCUT2D eigenvalue weighted by molar-refractivity contribution is 5.41. The second-order valence-electron chi connectivity index (χ2n) is 4.25. The zero-order valence-corrected chi connectivity index (χ0v) is 9.29. The van der Waals surface area contributed by atoms with Crippen molar-refractivity contribution in [1.29, 1.82) is 0 Å². The zero-order valence-electron chi connectivity index (χ0n) is 9.29. The molecule has 0 unspecified atom stereocenters. The maximum absolute atomic E-state index is 9.28. The Kier molecular flexibility index (Phi) is 3.17. The maximum atomic E-state index is 9.28. The number of methoxy groups -OCH3 is 1. The summed E-state index contributed by atoms with van der Waals surface area (Å²) >= 11 is 0. The van der Waals surface area contributed by atoms with Gasteiger partial charge in [0.15, 0.2) is 0 Å². The highest BCUT2D eigenvalue weighted by atomic mass is 16.5. The normalized spacial score (nSPS) is 11.5. The van der Waals surface area contributed by atoms with Crippen molar-refractivity contribution >= 4 is 0 Å². The Morgan fingerprint density at radius 3 is 2.50 bits per heavy atom. The molecule has 0 heterocycles. The number of aliphatic hydroxyl groups excluding tert-OH is 1. The highest BCUT2D eigenvalue weighted by Gasteiger charge is 2.23. The summed E-state index contributed by atoms with van der Waals surface area (Å²) in [4.78, 5) is 0. The molecule has 0 amide bonds. The lowest BCUT2D eigenvalue weighted by atomic mass is 9.84. The summed E-state index contributed by atoms with van der Waals surface area (Å²) in [5.74, 6) is 0.851. The average molecular weight is 194 g/mol. The molecule has 1 rings (SSSR count). The fourth-order valence-electron chi connectivity index (χ4n) is 1.44. The summed E-state index contributed by atoms with van der Waals surface area (Å²) in [6, 6.07) is 6.05. The first-order valence-electron chi connectivity index (χ1n) is 4.77. The van der Waals surface area contributed by atoms with Gasteiger partial charge in [-0.05, 0) is 18.6 Å². The van der Waals surface area contributed by atoms with Crippen LogP contribution in [0.25, 0.3) is 0 Å². The number of aliphatic hydroxyl groups is 1. The van der Waals surface area contributed by atoms with Crippen LogP contribution in [0.15, 0.2) is 18.2 Å². The fourth-order valence-corrected chi connectivity index (χ4v) is 1.44. The largest absolute Gasteiger partial charge is 0.496 e. The molecule has 0 atom stereocenters. The van der Waals surface area contributed by atoms with Crippen molar-refractivity contribution in [2.75, 3.05) is 13.7 Å². The van der Waals surface area contributed by atoms with E-state index in [1.54, 1.807) is 7.11 Å². The molecule has 1 aromatic carbocycles. The van der Waals surface area contributed by atoms with Gasteiger partial charge in [0.1, 0.15) is 5.75 Å². The van der Waals surface area contributed by atoms with Gasteiger partial charge in [0, 0.05) is 11.0 Å². The first kappa shape index (κ1) is 11.1. The molecular weight excluding hydrogens is 176 g/mol. The van der Waals surface area contributed by atoms with Gasteiger partial charge in [0.25, 0.3) is 0 Å². The molecule has 0 fully saturated rings. The van der Waals surface area contributed by atoms with Gasteiger partial charge < -0.3 is 9.84 Å². The molecule has 0 radical (unpaired) electrons. The summed E-state index contributed by atoms with van der Waals surface area (Å²) in [7, 11) is 1.66. The van der Waals surface area contributed by atoms with Gasteiger partial charge >= 0.3 is 0 Å². The fraction of sp³-hybridized carbons (Fsp3) is 0.500. The second kappa shape index (κ2) is 4.01. The molecule has 0 aliphatic carbocycles. The summed E-state index contributed by atoms with van der Waals surface area (Å²) in [5, 5.41) is 9.28. The maximum Gasteiger partial charge on any atom is 0.122 e. The Balaban J connectivity index is 3.20. The minimum Gasteiger partial charge on any atom is -0.496 e. The van der Waals surface area contributed by atoms with Crippen LogP contribution < -0.4 is 4.74 Å². The molecule has 0 bridgehead atoms. The average Bonchev–Trinajstić information content (AvgIpc) is 2.17. The molecule has 2 nitrogen and oxygen atoms in total. The Morgan fingerprint density at radius 2 is 2.00 bits per heavy atom. The molecule has 1 N–H and O–H groups in total. The van der Waals surface area contributed by atoms with Crippen molar-refractivity contribution in [2.45, 2.75) is 26.2 Å². The lowest BCUT2D eigenvalue weighted by molar-refractivity contribution is 0.215. The first-order valence-corrected chi connectivity index (χ1v) is 4.77. The lowest BCUT2D eigenvalue weighted by Gasteiger charge is -2.24. The van der Waals surface area contributed by atoms with Crippen molar-refractivity contribution in [3.63, 3.8) is 0 Å². The zero-order chi connectivity index (χ0) is 10.8. The second-order valence-corrected chi connectivity index (χ2v) is 4.25. The van der Waals surface area contributed by atoms with Gasteiger partial charge in [-0.15, -0.1) is 0 Å². The molecule has 0 saturated carbocycles. The minimum absolute atomic E-state index is 0.117. The quantitative estimate of drug-likeness (QED) is 0.799. The van der Waals surface area contributed by atoms with E-state index in [-0.39, 0.29) is 12.0 Å². The van der Waals surface area contributed by atoms with E-state index in [4.69, 9.17) is 4.74 Å². The van der Waals surface area contributed by atoms with Crippen LogP contribution in [0, 0.1) is 6.92 Å². The Hall–Kier alpha value is -1.02. The van der Waals surface area contributed by atoms with Crippen molar-refractivity contribution < 1.29 is 9.84 Å². The van der Waals surface area contributed by atoms with Crippen LogP contribution in [0.1, 0.15) is 25.0 Å². The van der Waals surface area contributed by atoms with E-state index in [1.165, 1.54) is 5.56 Å². The van der Waals surface area contributed by atoms with Gasteiger partial charge in [0.05, 0.1) is 13.7 Å². The van der Waals surface area contributed by atoms with Crippen molar-refractivity contribution in [1.82, 2.24) is 0 Å². The number of ether oxygens (including phenoxy) is 1. The number of benzene rings is 1. The van der Waals surface area contributed by atoms with Crippen LogP contribution in [-0.4, -0.2) is 18.8 Å². The summed E-state index contributed by atoms with van der Waals surface area (Å²) in [6.45, 7) is 6.14. The molecule has 14 heavy (non-hydrogen) atoms. The van der Waals surface area contributed by atoms with E-state index < -0.39 is 0 Å². The van der Waals surface area contributed by atoms with Crippen LogP contribution >= 0.6 is 0 Å². The van der Waals surface area contributed by atoms with E-state index in [0.29, 0.717) is 0 Å². The van der Waals surface area contributed by atoms with E-state index in [0.717, 1.165) is 11.3 Å². The molecule has 0 aliphatic heterocycles. The van der Waals surface area contributed by atoms with Crippen molar-refractivity contribution in [3.05, 3.63) is 29.3 Å². The standard InChI is InChI=1S/C12H18O2/c1-9-5-6-10(11(7-9)14-4)12(2,3)8-13/h5-7,13H,8H2,1-4H3. The van der Waals surface area contributed by atoms with Crippen LogP contribution in [0.2, 0.25) is 0 Å². The van der Waals surface area contributed by atoms with Crippen LogP contribution in [0.3, 0.4) is 0 Å². The van der Waals surface area contributed by atoms with Gasteiger partial charge in [0.2, 0.25) is 0 Å². The third-order valence-corrected chi connectivity index (χ3v) is 2.48. The van der Waals surface area contributed by atoms with Gasteiger partial charge in [-0.2, -0.15) is 0 Å². The van der Waals surface area contributed by atoms with Crippen molar-refractivity contribution in [3.8, 4) is 5.75 Å². The van der Waals surface area contributed by atoms with Crippen LogP contribution in [0.5, 0.6) is 5.75 Å². The number of rotatable bonds is 3. The van der Waals surface area contributed by atoms with Crippen LogP contribution in [0.4, 0.5) is 0 Å². The third kappa shape index (κ3) is 2.07. The van der Waals surface area contributed by atoms with E-state index in [9.17, 15) is 5.11 Å². The predicted molar refractivity (Wildman–Crippen MR) is 57.8 cm³/mol. The topological polar surface area (TPSA) is 29.5 Å². The van der Waals surface area contributed by atoms with Gasteiger partial charge in [-0.1, -0.05) is 26.0 Å². The lowest BCUT2D eigenvalue weighted by Crippen LogP contribution is -2.22. The molecule has 1 aromatic rings. The first-order chi connectivity index (χ1) is 6.51. The van der Waals surface area contributed by atoms with Gasteiger partial charge in [-0.25, -0.2) is 0 Å². The van der Waals surface area contributed by atoms with E-state index in [2.05, 4.69) is 0 Å². The molecule has 0 aliphatic rings. The summed E-state index contributed by atoms with van der Waals surface area (Å²) in [6.07, 6.45) is 0. The Bertz CT molecular complexity index is 316. The third-order valence-electron chi connectivity index (χ3n) is 2.48. The summed E-state index contributed by atoms with van der Waals surface area (Å²) in [5.41, 5.74) is 1.96. The Labute approximate surface area is 85.5 Å². The number of hydrogen-bond acceptors (Lipinski definition) is 2. The SMILES string of the molecule is COc1cc(C)ccc1C(C)(C)CO. The monoisotopic (exact) mass is 194 g/mol. The molecule has 0 saturated heterocycles. The smallest absolute Gasteiger partial charge is 0.122 e. The molecule has 78 valence electrons. The van der Waals surface area contributed by atoms with E-state index >= 15 is 0 Å². The summed E-state index contributed by atoms with van der Waals surface area (Å²) < 4.78 is 5.30. The minimum atomic E-state index is -0.251. The Morgan fingerprint density at radius 1 is 1.36 bits per heavy atom. The molecule has 2 heteroatoms. The molecule has 0 aromatic heterocycles.